The number of hydrogen-bond acceptors (Lipinski definition) is 3. The standard InChI is InChI=1S/C10H8FIN4O/c1-5-13-9(16-15-5)10(17)14-8-3-2-6(11)4-7(8)12/h2-4H,1H3,(H,14,17)(H,13,15,16). The van der Waals surface area contributed by atoms with Crippen LogP contribution in [-0.4, -0.2) is 21.1 Å². The Balaban J connectivity index is 2.18. The average molecular weight is 346 g/mol. The number of carbonyl (C=O) groups is 1. The molecule has 1 heterocycles. The van der Waals surface area contributed by atoms with Crippen LogP contribution < -0.4 is 5.32 Å². The van der Waals surface area contributed by atoms with Crippen LogP contribution in [0.5, 0.6) is 0 Å². The van der Waals surface area contributed by atoms with E-state index in [1.54, 1.807) is 6.92 Å². The van der Waals surface area contributed by atoms with Gasteiger partial charge < -0.3 is 5.32 Å². The molecule has 0 atom stereocenters. The summed E-state index contributed by atoms with van der Waals surface area (Å²) in [6.07, 6.45) is 0. The Hall–Kier alpha value is -1.51. The molecule has 1 aromatic heterocycles. The Morgan fingerprint density at radius 2 is 2.29 bits per heavy atom. The van der Waals surface area contributed by atoms with Crippen molar-refractivity contribution >= 4 is 34.2 Å². The van der Waals surface area contributed by atoms with Gasteiger partial charge in [-0.25, -0.2) is 9.37 Å². The maximum atomic E-state index is 12.9. The largest absolute Gasteiger partial charge is 0.318 e. The molecule has 0 bridgehead atoms. The first-order valence-corrected chi connectivity index (χ1v) is 5.79. The molecule has 0 radical (unpaired) electrons. The van der Waals surface area contributed by atoms with E-state index >= 15 is 0 Å². The number of anilines is 1. The maximum absolute atomic E-state index is 12.9. The second-order valence-electron chi connectivity index (χ2n) is 3.32. The molecule has 0 unspecified atom stereocenters. The molecule has 0 saturated carbocycles. The molecular weight excluding hydrogens is 338 g/mol. The third kappa shape index (κ3) is 2.78. The quantitative estimate of drug-likeness (QED) is 0.819. The van der Waals surface area contributed by atoms with Gasteiger partial charge in [0.2, 0.25) is 5.82 Å². The normalized spacial score (nSPS) is 10.3. The number of aryl methyl sites for hydroxylation is 1. The van der Waals surface area contributed by atoms with Gasteiger partial charge in [0.1, 0.15) is 11.6 Å². The van der Waals surface area contributed by atoms with Crippen LogP contribution in [0.25, 0.3) is 0 Å². The molecule has 88 valence electrons. The molecular formula is C10H8FIN4O. The van der Waals surface area contributed by atoms with Crippen molar-refractivity contribution in [2.24, 2.45) is 0 Å². The first-order valence-electron chi connectivity index (χ1n) is 4.71. The van der Waals surface area contributed by atoms with Gasteiger partial charge in [-0.1, -0.05) is 0 Å². The number of rotatable bonds is 2. The molecule has 1 aromatic carbocycles. The summed E-state index contributed by atoms with van der Waals surface area (Å²) in [5.41, 5.74) is 0.527. The number of nitrogens with zero attached hydrogens (tertiary/aromatic N) is 2. The van der Waals surface area contributed by atoms with Crippen molar-refractivity contribution in [3.05, 3.63) is 39.2 Å². The number of H-pyrrole nitrogens is 1. The summed E-state index contributed by atoms with van der Waals surface area (Å²) in [7, 11) is 0. The van der Waals surface area contributed by atoms with E-state index in [1.165, 1.54) is 18.2 Å². The van der Waals surface area contributed by atoms with Crippen molar-refractivity contribution in [2.45, 2.75) is 6.92 Å². The number of benzene rings is 1. The molecule has 17 heavy (non-hydrogen) atoms. The molecule has 0 aliphatic carbocycles. The van der Waals surface area contributed by atoms with Crippen LogP contribution in [0.2, 0.25) is 0 Å². The van der Waals surface area contributed by atoms with Crippen molar-refractivity contribution in [1.82, 2.24) is 15.2 Å². The zero-order chi connectivity index (χ0) is 12.4. The van der Waals surface area contributed by atoms with E-state index in [0.717, 1.165) is 0 Å². The Morgan fingerprint density at radius 3 is 2.88 bits per heavy atom. The van der Waals surface area contributed by atoms with Crippen LogP contribution >= 0.6 is 22.6 Å². The molecule has 7 heteroatoms. The van der Waals surface area contributed by atoms with E-state index < -0.39 is 5.91 Å². The SMILES string of the molecule is Cc1nc(C(=O)Nc2ccc(F)cc2I)n[nH]1. The zero-order valence-corrected chi connectivity index (χ0v) is 10.9. The van der Waals surface area contributed by atoms with Crippen molar-refractivity contribution in [2.75, 3.05) is 5.32 Å². The Labute approximate surface area is 110 Å². The lowest BCUT2D eigenvalue weighted by Gasteiger charge is -2.04. The molecule has 0 aliphatic heterocycles. The number of aromatic nitrogens is 3. The highest BCUT2D eigenvalue weighted by Crippen LogP contribution is 2.19. The number of aromatic amines is 1. The van der Waals surface area contributed by atoms with Gasteiger partial charge in [0, 0.05) is 3.57 Å². The van der Waals surface area contributed by atoms with E-state index in [1.807, 2.05) is 22.6 Å². The first-order chi connectivity index (χ1) is 8.06. The third-order valence-electron chi connectivity index (χ3n) is 1.98. The molecule has 0 spiro atoms. The number of hydrogen-bond donors (Lipinski definition) is 2. The monoisotopic (exact) mass is 346 g/mol. The fraction of sp³-hybridized carbons (Fsp3) is 0.100. The minimum Gasteiger partial charge on any atom is -0.318 e. The predicted molar refractivity (Wildman–Crippen MR) is 68.2 cm³/mol. The summed E-state index contributed by atoms with van der Waals surface area (Å²) >= 11 is 1.94. The molecule has 0 saturated heterocycles. The van der Waals surface area contributed by atoms with Gasteiger partial charge in [0.25, 0.3) is 5.91 Å². The predicted octanol–water partition coefficient (Wildman–Crippen LogP) is 2.11. The highest BCUT2D eigenvalue weighted by molar-refractivity contribution is 14.1. The number of nitrogens with one attached hydrogen (secondary N) is 2. The van der Waals surface area contributed by atoms with Crippen LogP contribution in [0.15, 0.2) is 18.2 Å². The summed E-state index contributed by atoms with van der Waals surface area (Å²) in [4.78, 5) is 15.6. The second-order valence-corrected chi connectivity index (χ2v) is 4.48. The maximum Gasteiger partial charge on any atom is 0.295 e. The zero-order valence-electron chi connectivity index (χ0n) is 8.79. The van der Waals surface area contributed by atoms with Crippen LogP contribution in [0.3, 0.4) is 0 Å². The Bertz CT molecular complexity index is 569. The molecule has 0 fully saturated rings. The van der Waals surface area contributed by atoms with E-state index in [4.69, 9.17) is 0 Å². The van der Waals surface area contributed by atoms with Crippen LogP contribution in [0.4, 0.5) is 10.1 Å². The van der Waals surface area contributed by atoms with Crippen molar-refractivity contribution in [1.29, 1.82) is 0 Å². The van der Waals surface area contributed by atoms with E-state index in [0.29, 0.717) is 15.1 Å². The molecule has 2 N–H and O–H groups in total. The van der Waals surface area contributed by atoms with E-state index in [9.17, 15) is 9.18 Å². The van der Waals surface area contributed by atoms with E-state index in [2.05, 4.69) is 20.5 Å². The minimum atomic E-state index is -0.432. The number of amides is 1. The number of carbonyl (C=O) groups excluding carboxylic acids is 1. The van der Waals surface area contributed by atoms with E-state index in [-0.39, 0.29) is 11.6 Å². The Kier molecular flexibility index (Phi) is 3.36. The summed E-state index contributed by atoms with van der Waals surface area (Å²) in [5.74, 6) is -0.161. The Morgan fingerprint density at radius 1 is 1.53 bits per heavy atom. The molecule has 0 aliphatic rings. The van der Waals surface area contributed by atoms with Gasteiger partial charge >= 0.3 is 0 Å². The fourth-order valence-electron chi connectivity index (χ4n) is 1.21. The molecule has 1 amide bonds. The van der Waals surface area contributed by atoms with Gasteiger partial charge in [-0.15, -0.1) is 5.10 Å². The molecule has 2 aromatic rings. The lowest BCUT2D eigenvalue weighted by atomic mass is 10.3. The van der Waals surface area contributed by atoms with Gasteiger partial charge in [0.05, 0.1) is 5.69 Å². The summed E-state index contributed by atoms with van der Waals surface area (Å²) in [6.45, 7) is 1.70. The van der Waals surface area contributed by atoms with Gasteiger partial charge in [-0.2, -0.15) is 0 Å². The molecule has 5 nitrogen and oxygen atoms in total. The summed E-state index contributed by atoms with van der Waals surface area (Å²) in [6, 6.07) is 4.11. The molecule has 2 rings (SSSR count). The van der Waals surface area contributed by atoms with Crippen molar-refractivity contribution in [3.8, 4) is 0 Å². The average Bonchev–Trinajstić information content (AvgIpc) is 2.69. The third-order valence-corrected chi connectivity index (χ3v) is 2.87. The van der Waals surface area contributed by atoms with Gasteiger partial charge in [-0.05, 0) is 47.7 Å². The van der Waals surface area contributed by atoms with Gasteiger partial charge in [0.15, 0.2) is 0 Å². The van der Waals surface area contributed by atoms with Crippen LogP contribution in [-0.2, 0) is 0 Å². The first kappa shape index (κ1) is 12.0. The highest BCUT2D eigenvalue weighted by atomic mass is 127. The lowest BCUT2D eigenvalue weighted by molar-refractivity contribution is 0.101. The van der Waals surface area contributed by atoms with Crippen LogP contribution in [0, 0.1) is 16.3 Å². The number of halogens is 2. The van der Waals surface area contributed by atoms with Crippen molar-refractivity contribution < 1.29 is 9.18 Å². The highest BCUT2D eigenvalue weighted by Gasteiger charge is 2.12. The lowest BCUT2D eigenvalue weighted by Crippen LogP contribution is -2.14. The summed E-state index contributed by atoms with van der Waals surface area (Å²) in [5, 5.41) is 8.92. The summed E-state index contributed by atoms with van der Waals surface area (Å²) < 4.78 is 13.5. The minimum absolute atomic E-state index is 0.0580. The second kappa shape index (κ2) is 4.78. The topological polar surface area (TPSA) is 70.7 Å². The van der Waals surface area contributed by atoms with Gasteiger partial charge in [-0.3, -0.25) is 9.89 Å². The van der Waals surface area contributed by atoms with Crippen LogP contribution in [0.1, 0.15) is 16.4 Å². The smallest absolute Gasteiger partial charge is 0.295 e. The van der Waals surface area contributed by atoms with Crippen molar-refractivity contribution in [3.63, 3.8) is 0 Å². The fourth-order valence-corrected chi connectivity index (χ4v) is 1.83.